The topological polar surface area (TPSA) is 100 Å². The van der Waals surface area contributed by atoms with Gasteiger partial charge in [-0.3, -0.25) is 14.4 Å². The van der Waals surface area contributed by atoms with Gasteiger partial charge in [-0.25, -0.2) is 4.39 Å². The number of ketones is 1. The first-order chi connectivity index (χ1) is 12.3. The van der Waals surface area contributed by atoms with Crippen molar-refractivity contribution in [3.05, 3.63) is 68.4 Å². The molecule has 0 spiro atoms. The maximum atomic E-state index is 13.1. The SMILES string of the molecule is Cc1[nH]c(=O)c(C#N)c(C)c1CCC(=O)OCC(=O)c1cccc(F)c1. The maximum absolute atomic E-state index is 13.1. The van der Waals surface area contributed by atoms with Gasteiger partial charge in [0, 0.05) is 17.7 Å². The van der Waals surface area contributed by atoms with Crippen molar-refractivity contribution in [1.82, 2.24) is 4.98 Å². The highest BCUT2D eigenvalue weighted by Crippen LogP contribution is 2.15. The lowest BCUT2D eigenvalue weighted by Gasteiger charge is -2.10. The van der Waals surface area contributed by atoms with E-state index in [4.69, 9.17) is 10.00 Å². The molecule has 0 fully saturated rings. The molecule has 0 unspecified atom stereocenters. The fraction of sp³-hybridized carbons (Fsp3) is 0.263. The average Bonchev–Trinajstić information content (AvgIpc) is 2.59. The lowest BCUT2D eigenvalue weighted by atomic mass is 9.99. The van der Waals surface area contributed by atoms with Crippen LogP contribution in [0.3, 0.4) is 0 Å². The van der Waals surface area contributed by atoms with E-state index in [-0.39, 0.29) is 24.0 Å². The molecule has 0 saturated carbocycles. The van der Waals surface area contributed by atoms with Gasteiger partial charge in [0.25, 0.3) is 5.56 Å². The van der Waals surface area contributed by atoms with E-state index in [0.29, 0.717) is 16.8 Å². The van der Waals surface area contributed by atoms with Crippen molar-refractivity contribution >= 4 is 11.8 Å². The number of halogens is 1. The quantitative estimate of drug-likeness (QED) is 0.633. The fourth-order valence-corrected chi connectivity index (χ4v) is 2.61. The summed E-state index contributed by atoms with van der Waals surface area (Å²) in [6.07, 6.45) is 0.241. The van der Waals surface area contributed by atoms with E-state index >= 15 is 0 Å². The Morgan fingerprint density at radius 2 is 2.04 bits per heavy atom. The third kappa shape index (κ3) is 4.42. The summed E-state index contributed by atoms with van der Waals surface area (Å²) in [5.74, 6) is -1.64. The van der Waals surface area contributed by atoms with Crippen LogP contribution in [0.1, 0.15) is 39.2 Å². The first-order valence-electron chi connectivity index (χ1n) is 7.90. The number of aromatic amines is 1. The lowest BCUT2D eigenvalue weighted by Crippen LogP contribution is -2.18. The van der Waals surface area contributed by atoms with Crippen LogP contribution >= 0.6 is 0 Å². The summed E-state index contributed by atoms with van der Waals surface area (Å²) >= 11 is 0. The number of Topliss-reactive ketones (excluding diaryl/α,β-unsaturated/α-hetero) is 1. The second-order valence-corrected chi connectivity index (χ2v) is 5.76. The number of rotatable bonds is 6. The van der Waals surface area contributed by atoms with Crippen LogP contribution < -0.4 is 5.56 Å². The smallest absolute Gasteiger partial charge is 0.306 e. The number of aromatic nitrogens is 1. The van der Waals surface area contributed by atoms with E-state index in [9.17, 15) is 18.8 Å². The van der Waals surface area contributed by atoms with Crippen molar-refractivity contribution in [2.75, 3.05) is 6.61 Å². The van der Waals surface area contributed by atoms with Gasteiger partial charge in [-0.05, 0) is 43.5 Å². The Balaban J connectivity index is 1.97. The molecule has 1 N–H and O–H groups in total. The Hall–Kier alpha value is -3.27. The third-order valence-electron chi connectivity index (χ3n) is 4.01. The Morgan fingerprint density at radius 1 is 1.31 bits per heavy atom. The Kier molecular flexibility index (Phi) is 6.02. The molecule has 0 atom stereocenters. The maximum Gasteiger partial charge on any atom is 0.306 e. The number of nitrogens with one attached hydrogen (secondary N) is 1. The van der Waals surface area contributed by atoms with Gasteiger partial charge >= 0.3 is 5.97 Å². The van der Waals surface area contributed by atoms with Gasteiger partial charge in [-0.2, -0.15) is 5.26 Å². The summed E-state index contributed by atoms with van der Waals surface area (Å²) < 4.78 is 18.0. The highest BCUT2D eigenvalue weighted by atomic mass is 19.1. The van der Waals surface area contributed by atoms with Crippen LogP contribution in [0.15, 0.2) is 29.1 Å². The minimum absolute atomic E-state index is 0.0141. The number of ether oxygens (including phenoxy) is 1. The first kappa shape index (κ1) is 19.1. The average molecular weight is 356 g/mol. The number of hydrogen-bond acceptors (Lipinski definition) is 5. The molecule has 134 valence electrons. The largest absolute Gasteiger partial charge is 0.457 e. The number of nitriles is 1. The standard InChI is InChI=1S/C19H17FN2O4/c1-11-15(12(2)22-19(25)16(11)9-21)6-7-18(24)26-10-17(23)13-4-3-5-14(20)8-13/h3-5,8H,6-7,10H2,1-2H3,(H,22,25). The van der Waals surface area contributed by atoms with Gasteiger partial charge in [0.05, 0.1) is 0 Å². The molecule has 6 nitrogen and oxygen atoms in total. The third-order valence-corrected chi connectivity index (χ3v) is 4.01. The molecule has 0 aliphatic heterocycles. The molecule has 0 aliphatic rings. The summed E-state index contributed by atoms with van der Waals surface area (Å²) in [7, 11) is 0. The molecule has 0 saturated heterocycles. The van der Waals surface area contributed by atoms with Crippen molar-refractivity contribution in [3.63, 3.8) is 0 Å². The summed E-state index contributed by atoms with van der Waals surface area (Å²) in [5, 5.41) is 9.04. The van der Waals surface area contributed by atoms with Crippen molar-refractivity contribution in [3.8, 4) is 6.07 Å². The van der Waals surface area contributed by atoms with Gasteiger partial charge < -0.3 is 9.72 Å². The molecule has 2 rings (SSSR count). The lowest BCUT2D eigenvalue weighted by molar-refractivity contribution is -0.142. The number of carbonyl (C=O) groups is 2. The van der Waals surface area contributed by atoms with Crippen LogP contribution in [0, 0.1) is 31.0 Å². The van der Waals surface area contributed by atoms with E-state index in [2.05, 4.69) is 4.98 Å². The molecule has 1 aromatic carbocycles. The molecule has 7 heteroatoms. The van der Waals surface area contributed by atoms with Crippen molar-refractivity contribution in [2.45, 2.75) is 26.7 Å². The number of nitrogens with zero attached hydrogens (tertiary/aromatic N) is 1. The monoisotopic (exact) mass is 356 g/mol. The van der Waals surface area contributed by atoms with Crippen LogP contribution in [-0.4, -0.2) is 23.3 Å². The number of aryl methyl sites for hydroxylation is 1. The highest BCUT2D eigenvalue weighted by molar-refractivity contribution is 5.97. The molecule has 0 aliphatic carbocycles. The van der Waals surface area contributed by atoms with Gasteiger partial charge in [-0.15, -0.1) is 0 Å². The van der Waals surface area contributed by atoms with Gasteiger partial charge in [0.2, 0.25) is 0 Å². The minimum atomic E-state index is -0.599. The fourth-order valence-electron chi connectivity index (χ4n) is 2.61. The van der Waals surface area contributed by atoms with Crippen molar-refractivity contribution in [1.29, 1.82) is 5.26 Å². The first-order valence-corrected chi connectivity index (χ1v) is 7.90. The number of benzene rings is 1. The molecule has 0 amide bonds. The highest BCUT2D eigenvalue weighted by Gasteiger charge is 2.15. The summed E-state index contributed by atoms with van der Waals surface area (Å²) in [6.45, 7) is 2.86. The van der Waals surface area contributed by atoms with Gasteiger partial charge in [-0.1, -0.05) is 12.1 Å². The Labute approximate surface area is 149 Å². The normalized spacial score (nSPS) is 10.2. The van der Waals surface area contributed by atoms with E-state index in [1.807, 2.05) is 6.07 Å². The molecule has 26 heavy (non-hydrogen) atoms. The molecule has 1 heterocycles. The van der Waals surface area contributed by atoms with Gasteiger partial charge in [0.1, 0.15) is 17.4 Å². The molecule has 0 radical (unpaired) electrons. The van der Waals surface area contributed by atoms with Crippen LogP contribution in [0.2, 0.25) is 0 Å². The number of carbonyl (C=O) groups excluding carboxylic acids is 2. The molecule has 2 aromatic rings. The predicted molar refractivity (Wildman–Crippen MR) is 91.3 cm³/mol. The van der Waals surface area contributed by atoms with Crippen molar-refractivity contribution in [2.24, 2.45) is 0 Å². The van der Waals surface area contributed by atoms with E-state index in [1.54, 1.807) is 13.8 Å². The summed E-state index contributed by atoms with van der Waals surface area (Å²) in [6, 6.07) is 6.98. The Bertz CT molecular complexity index is 957. The molecular formula is C19H17FN2O4. The zero-order valence-corrected chi connectivity index (χ0v) is 14.4. The van der Waals surface area contributed by atoms with Crippen LogP contribution in [0.25, 0.3) is 0 Å². The van der Waals surface area contributed by atoms with Gasteiger partial charge in [0.15, 0.2) is 12.4 Å². The Morgan fingerprint density at radius 3 is 2.69 bits per heavy atom. The van der Waals surface area contributed by atoms with Crippen LogP contribution in [0.5, 0.6) is 0 Å². The van der Waals surface area contributed by atoms with E-state index in [1.165, 1.54) is 18.2 Å². The molecular weight excluding hydrogens is 339 g/mol. The van der Waals surface area contributed by atoms with Crippen LogP contribution in [-0.2, 0) is 16.0 Å². The van der Waals surface area contributed by atoms with Crippen molar-refractivity contribution < 1.29 is 18.7 Å². The predicted octanol–water partition coefficient (Wildman–Crippen LogP) is 2.36. The number of pyridine rings is 1. The molecule has 0 bridgehead atoms. The van der Waals surface area contributed by atoms with Crippen LogP contribution in [0.4, 0.5) is 4.39 Å². The summed E-state index contributed by atoms with van der Waals surface area (Å²) in [5.41, 5.74) is 1.47. The number of esters is 1. The zero-order valence-electron chi connectivity index (χ0n) is 14.4. The number of hydrogen-bond donors (Lipinski definition) is 1. The molecule has 1 aromatic heterocycles. The summed E-state index contributed by atoms with van der Waals surface area (Å²) in [4.78, 5) is 38.0. The van der Waals surface area contributed by atoms with E-state index in [0.717, 1.165) is 6.07 Å². The zero-order chi connectivity index (χ0) is 19.3. The second-order valence-electron chi connectivity index (χ2n) is 5.76. The van der Waals surface area contributed by atoms with E-state index < -0.39 is 29.7 Å². The second kappa shape index (κ2) is 8.21. The minimum Gasteiger partial charge on any atom is -0.457 e. The number of H-pyrrole nitrogens is 1.